The number of aliphatic hydroxyl groups is 1. The monoisotopic (exact) mass is 342 g/mol. The number of aromatic nitrogens is 4. The molecule has 4 rings (SSSR count). The van der Waals surface area contributed by atoms with Crippen LogP contribution in [0.15, 0.2) is 37.2 Å². The van der Waals surface area contributed by atoms with Crippen molar-refractivity contribution in [2.45, 2.75) is 38.0 Å². The van der Waals surface area contributed by atoms with Crippen LogP contribution in [0.2, 0.25) is 0 Å². The lowest BCUT2D eigenvalue weighted by Crippen LogP contribution is -2.53. The van der Waals surface area contributed by atoms with Crippen molar-refractivity contribution >= 4 is 11.9 Å². The lowest BCUT2D eigenvalue weighted by Gasteiger charge is -2.38. The molecule has 0 spiro atoms. The predicted octanol–water partition coefficient (Wildman–Crippen LogP) is 0.527. The Morgan fingerprint density at radius 2 is 2.12 bits per heavy atom. The Bertz CT molecular complexity index is 716. The Labute approximate surface area is 145 Å². The number of carbonyl (C=O) groups excluding carboxylic acids is 1. The summed E-state index contributed by atoms with van der Waals surface area (Å²) in [4.78, 5) is 27.1. The average Bonchev–Trinajstić information content (AvgIpc) is 3.23. The second-order valence-electron chi connectivity index (χ2n) is 6.95. The fourth-order valence-electron chi connectivity index (χ4n) is 3.48. The van der Waals surface area contributed by atoms with Crippen LogP contribution in [0, 0.1) is 5.41 Å². The molecule has 2 aromatic heterocycles. The summed E-state index contributed by atoms with van der Waals surface area (Å²) in [5, 5.41) is 13.6. The molecule has 132 valence electrons. The number of carbonyl (C=O) groups is 1. The molecule has 0 radical (unpaired) electrons. The largest absolute Gasteiger partial charge is 0.389 e. The minimum Gasteiger partial charge on any atom is -0.389 e. The second-order valence-corrected chi connectivity index (χ2v) is 6.95. The zero-order chi connectivity index (χ0) is 17.3. The third-order valence-electron chi connectivity index (χ3n) is 5.10. The van der Waals surface area contributed by atoms with Crippen molar-refractivity contribution in [1.29, 1.82) is 0 Å². The minimum atomic E-state index is -0.634. The molecule has 0 aromatic carbocycles. The molecule has 25 heavy (non-hydrogen) atoms. The highest BCUT2D eigenvalue weighted by Gasteiger charge is 2.52. The van der Waals surface area contributed by atoms with Crippen LogP contribution in [-0.2, 0) is 11.3 Å². The molecule has 1 saturated carbocycles. The number of β-amino-alcohol motifs (C(OH)–C–C–N with tert-alkyl or cyclic N) is 1. The first-order valence-corrected chi connectivity index (χ1v) is 8.63. The number of aliphatic hydroxyl groups excluding tert-OH is 1. The van der Waals surface area contributed by atoms with E-state index < -0.39 is 6.10 Å². The topological polar surface area (TPSA) is 96.2 Å². The predicted molar refractivity (Wildman–Crippen MR) is 90.5 cm³/mol. The Hall–Kier alpha value is -2.48. The molecule has 1 aliphatic heterocycles. The summed E-state index contributed by atoms with van der Waals surface area (Å²) in [5.41, 5.74) is -0.316. The van der Waals surface area contributed by atoms with Gasteiger partial charge >= 0.3 is 0 Å². The molecule has 3 heterocycles. The van der Waals surface area contributed by atoms with Crippen LogP contribution in [0.1, 0.15) is 19.3 Å². The lowest BCUT2D eigenvalue weighted by molar-refractivity contribution is -0.140. The number of rotatable bonds is 5. The Morgan fingerprint density at radius 1 is 1.32 bits per heavy atom. The highest BCUT2D eigenvalue weighted by Crippen LogP contribution is 2.49. The number of hydrogen-bond acceptors (Lipinski definition) is 6. The summed E-state index contributed by atoms with van der Waals surface area (Å²) in [6, 6.07) is 1.60. The standard InChI is InChI=1S/C17H22N6O2/c24-14-10-23(8-2-13(14)21-16-19-5-1-6-20-16)15(25)17(3-4-17)11-22-9-7-18-12-22/h1,5-7,9,12-14,24H,2-4,8,10-11H2,(H,19,20,21)/t13-,14-/m1/s1. The van der Waals surface area contributed by atoms with E-state index in [-0.39, 0.29) is 17.4 Å². The maximum Gasteiger partial charge on any atom is 0.230 e. The summed E-state index contributed by atoms with van der Waals surface area (Å²) < 4.78 is 1.96. The van der Waals surface area contributed by atoms with E-state index >= 15 is 0 Å². The van der Waals surface area contributed by atoms with E-state index in [1.807, 2.05) is 10.8 Å². The average molecular weight is 342 g/mol. The first-order valence-electron chi connectivity index (χ1n) is 8.63. The number of piperidine rings is 1. The summed E-state index contributed by atoms with van der Waals surface area (Å²) in [6.07, 6.45) is 10.5. The SMILES string of the molecule is O=C(N1CC[C@@H](Nc2ncccn2)[C@H](O)C1)C1(Cn2ccnc2)CC1. The van der Waals surface area contributed by atoms with Crippen molar-refractivity contribution in [3.8, 4) is 0 Å². The number of nitrogens with zero attached hydrogens (tertiary/aromatic N) is 5. The molecule has 0 unspecified atom stereocenters. The van der Waals surface area contributed by atoms with Gasteiger partial charge in [0, 0.05) is 44.4 Å². The fraction of sp³-hybridized carbons (Fsp3) is 0.529. The molecule has 8 nitrogen and oxygen atoms in total. The summed E-state index contributed by atoms with van der Waals surface area (Å²) in [6.45, 7) is 1.64. The number of hydrogen-bond donors (Lipinski definition) is 2. The molecule has 1 amide bonds. The van der Waals surface area contributed by atoms with Crippen molar-refractivity contribution < 1.29 is 9.90 Å². The minimum absolute atomic E-state index is 0.143. The second kappa shape index (κ2) is 6.44. The van der Waals surface area contributed by atoms with Gasteiger partial charge in [-0.15, -0.1) is 0 Å². The maximum absolute atomic E-state index is 13.0. The summed E-state index contributed by atoms with van der Waals surface area (Å²) >= 11 is 0. The van der Waals surface area contributed by atoms with Crippen molar-refractivity contribution in [3.63, 3.8) is 0 Å². The lowest BCUT2D eigenvalue weighted by atomic mass is 9.98. The summed E-state index contributed by atoms with van der Waals surface area (Å²) in [7, 11) is 0. The van der Waals surface area contributed by atoms with E-state index in [9.17, 15) is 9.90 Å². The molecule has 2 aromatic rings. The molecule has 1 aliphatic carbocycles. The molecule has 0 bridgehead atoms. The van der Waals surface area contributed by atoms with Gasteiger partial charge in [0.05, 0.1) is 23.9 Å². The van der Waals surface area contributed by atoms with Crippen molar-refractivity contribution in [3.05, 3.63) is 37.2 Å². The highest BCUT2D eigenvalue weighted by atomic mass is 16.3. The van der Waals surface area contributed by atoms with Crippen molar-refractivity contribution in [1.82, 2.24) is 24.4 Å². The maximum atomic E-state index is 13.0. The van der Waals surface area contributed by atoms with Gasteiger partial charge in [-0.25, -0.2) is 15.0 Å². The van der Waals surface area contributed by atoms with Crippen LogP contribution < -0.4 is 5.32 Å². The van der Waals surface area contributed by atoms with E-state index in [1.165, 1.54) is 0 Å². The van der Waals surface area contributed by atoms with Crippen LogP contribution in [0.4, 0.5) is 5.95 Å². The van der Waals surface area contributed by atoms with E-state index in [0.29, 0.717) is 32.0 Å². The van der Waals surface area contributed by atoms with Crippen LogP contribution in [0.5, 0.6) is 0 Å². The molecule has 2 fully saturated rings. The number of nitrogens with one attached hydrogen (secondary N) is 1. The molecule has 1 saturated heterocycles. The van der Waals surface area contributed by atoms with Gasteiger partial charge < -0.3 is 19.9 Å². The van der Waals surface area contributed by atoms with Gasteiger partial charge in [-0.2, -0.15) is 0 Å². The van der Waals surface area contributed by atoms with Gasteiger partial charge in [-0.3, -0.25) is 4.79 Å². The van der Waals surface area contributed by atoms with Crippen LogP contribution in [0.25, 0.3) is 0 Å². The Kier molecular flexibility index (Phi) is 4.12. The van der Waals surface area contributed by atoms with E-state index in [1.54, 1.807) is 35.9 Å². The number of amides is 1. The number of anilines is 1. The van der Waals surface area contributed by atoms with E-state index in [4.69, 9.17) is 0 Å². The van der Waals surface area contributed by atoms with Crippen LogP contribution in [0.3, 0.4) is 0 Å². The first-order chi connectivity index (χ1) is 12.2. The molecule has 8 heteroatoms. The smallest absolute Gasteiger partial charge is 0.230 e. The van der Waals surface area contributed by atoms with E-state index in [0.717, 1.165) is 12.8 Å². The number of likely N-dealkylation sites (tertiary alicyclic amines) is 1. The highest BCUT2D eigenvalue weighted by molar-refractivity contribution is 5.85. The van der Waals surface area contributed by atoms with Gasteiger partial charge in [0.2, 0.25) is 11.9 Å². The Balaban J connectivity index is 1.36. The Morgan fingerprint density at radius 3 is 2.76 bits per heavy atom. The first kappa shape index (κ1) is 16.0. The van der Waals surface area contributed by atoms with E-state index in [2.05, 4.69) is 20.3 Å². The van der Waals surface area contributed by atoms with Crippen molar-refractivity contribution in [2.75, 3.05) is 18.4 Å². The zero-order valence-corrected chi connectivity index (χ0v) is 14.0. The van der Waals surface area contributed by atoms with Gasteiger partial charge in [0.25, 0.3) is 0 Å². The molecule has 2 N–H and O–H groups in total. The van der Waals surface area contributed by atoms with Gasteiger partial charge in [-0.1, -0.05) is 0 Å². The molecule has 2 atom stereocenters. The normalized spacial score (nSPS) is 24.8. The van der Waals surface area contributed by atoms with Crippen molar-refractivity contribution in [2.24, 2.45) is 5.41 Å². The van der Waals surface area contributed by atoms with Crippen LogP contribution >= 0.6 is 0 Å². The zero-order valence-electron chi connectivity index (χ0n) is 14.0. The fourth-order valence-corrected chi connectivity index (χ4v) is 3.48. The van der Waals surface area contributed by atoms with Gasteiger partial charge in [0.1, 0.15) is 0 Å². The van der Waals surface area contributed by atoms with Crippen LogP contribution in [-0.4, -0.2) is 60.7 Å². The number of imidazole rings is 1. The summed E-state index contributed by atoms with van der Waals surface area (Å²) in [5.74, 6) is 0.653. The molecule has 2 aliphatic rings. The third kappa shape index (κ3) is 3.34. The molecular formula is C17H22N6O2. The quantitative estimate of drug-likeness (QED) is 0.823. The third-order valence-corrected chi connectivity index (χ3v) is 5.10. The van der Waals surface area contributed by atoms with Gasteiger partial charge in [0.15, 0.2) is 0 Å². The molecular weight excluding hydrogens is 320 g/mol. The van der Waals surface area contributed by atoms with Gasteiger partial charge in [-0.05, 0) is 25.3 Å².